The predicted octanol–water partition coefficient (Wildman–Crippen LogP) is 5.65. The minimum absolute atomic E-state index is 0.0199. The van der Waals surface area contributed by atoms with Gasteiger partial charge in [0.15, 0.2) is 0 Å². The van der Waals surface area contributed by atoms with Gasteiger partial charge in [0.05, 0.1) is 16.3 Å². The number of sulfonamides is 2. The normalized spacial score (nSPS) is 12.1. The highest BCUT2D eigenvalue weighted by Gasteiger charge is 2.24. The maximum absolute atomic E-state index is 13.0. The largest absolute Gasteiger partial charge is 0.443 e. The number of halogens is 2. The van der Waals surface area contributed by atoms with Crippen LogP contribution in [0.1, 0.15) is 5.56 Å². The molecular weight excluding hydrogens is 495 g/mol. The molecule has 0 spiro atoms. The van der Waals surface area contributed by atoms with E-state index in [0.29, 0.717) is 16.5 Å². The zero-order chi connectivity index (χ0) is 23.1. The van der Waals surface area contributed by atoms with E-state index in [1.165, 1.54) is 30.3 Å². The maximum Gasteiger partial charge on any atom is 0.295 e. The molecule has 0 amide bonds. The number of furan rings is 1. The van der Waals surface area contributed by atoms with E-state index in [9.17, 15) is 16.8 Å². The van der Waals surface area contributed by atoms with Crippen LogP contribution in [-0.2, 0) is 20.0 Å². The zero-order valence-corrected chi connectivity index (χ0v) is 19.6. The van der Waals surface area contributed by atoms with Crippen LogP contribution in [0.3, 0.4) is 0 Å². The molecule has 4 rings (SSSR count). The Labute approximate surface area is 195 Å². The summed E-state index contributed by atoms with van der Waals surface area (Å²) in [5.74, 6) is 0. The first-order valence-corrected chi connectivity index (χ1v) is 12.9. The Morgan fingerprint density at radius 2 is 1.41 bits per heavy atom. The van der Waals surface area contributed by atoms with Gasteiger partial charge in [-0.1, -0.05) is 47.5 Å². The summed E-state index contributed by atoms with van der Waals surface area (Å²) in [6.07, 6.45) is 0. The molecule has 2 N–H and O–H groups in total. The van der Waals surface area contributed by atoms with Gasteiger partial charge in [-0.15, -0.1) is 0 Å². The van der Waals surface area contributed by atoms with Crippen LogP contribution < -0.4 is 9.44 Å². The molecule has 0 fully saturated rings. The number of nitrogens with one attached hydrogen (secondary N) is 2. The average Bonchev–Trinajstić information content (AvgIpc) is 3.17. The van der Waals surface area contributed by atoms with Gasteiger partial charge in [0.25, 0.3) is 20.0 Å². The van der Waals surface area contributed by atoms with E-state index >= 15 is 0 Å². The van der Waals surface area contributed by atoms with Gasteiger partial charge in [-0.3, -0.25) is 9.44 Å². The average molecular weight is 511 g/mol. The molecule has 0 bridgehead atoms. The maximum atomic E-state index is 13.0. The summed E-state index contributed by atoms with van der Waals surface area (Å²) in [4.78, 5) is -0.0361. The van der Waals surface area contributed by atoms with Crippen molar-refractivity contribution in [2.24, 2.45) is 0 Å². The first-order valence-electron chi connectivity index (χ1n) is 9.15. The van der Waals surface area contributed by atoms with Crippen LogP contribution >= 0.6 is 23.2 Å². The molecule has 166 valence electrons. The predicted molar refractivity (Wildman–Crippen MR) is 125 cm³/mol. The van der Waals surface area contributed by atoms with Gasteiger partial charge < -0.3 is 4.42 Å². The molecule has 0 saturated heterocycles. The third-order valence-corrected chi connectivity index (χ3v) is 7.77. The summed E-state index contributed by atoms with van der Waals surface area (Å²) in [6.45, 7) is 1.62. The molecule has 4 aromatic rings. The lowest BCUT2D eigenvalue weighted by Gasteiger charge is -2.15. The number of hydrogen-bond donors (Lipinski definition) is 2. The summed E-state index contributed by atoms with van der Waals surface area (Å²) in [5, 5.41) is 0.738. The first-order chi connectivity index (χ1) is 15.0. The minimum Gasteiger partial charge on any atom is -0.443 e. The number of hydrogen-bond acceptors (Lipinski definition) is 5. The highest BCUT2D eigenvalue weighted by atomic mass is 35.5. The second kappa shape index (κ2) is 8.32. The molecule has 0 atom stereocenters. The van der Waals surface area contributed by atoms with Gasteiger partial charge in [-0.05, 0) is 48.9 Å². The van der Waals surface area contributed by atoms with Gasteiger partial charge in [-0.2, -0.15) is 8.42 Å². The summed E-state index contributed by atoms with van der Waals surface area (Å²) in [6, 6.07) is 16.7. The van der Waals surface area contributed by atoms with Gasteiger partial charge >= 0.3 is 0 Å². The second-order valence-electron chi connectivity index (χ2n) is 6.91. The number of rotatable bonds is 6. The monoisotopic (exact) mass is 510 g/mol. The Bertz CT molecular complexity index is 1510. The van der Waals surface area contributed by atoms with Crippen molar-refractivity contribution in [3.63, 3.8) is 0 Å². The van der Waals surface area contributed by atoms with E-state index < -0.39 is 20.0 Å². The SMILES string of the molecule is Cc1ccc(Cl)cc1S(=O)(=O)Nc1ccc(Cl)cc1NS(=O)(=O)c1cc2ccccc2o1. The second-order valence-corrected chi connectivity index (χ2v) is 11.1. The molecule has 3 aromatic carbocycles. The fourth-order valence-electron chi connectivity index (χ4n) is 3.04. The molecule has 32 heavy (non-hydrogen) atoms. The van der Waals surface area contributed by atoms with E-state index in [0.717, 1.165) is 0 Å². The quantitative estimate of drug-likeness (QED) is 0.348. The third kappa shape index (κ3) is 4.56. The standard InChI is InChI=1S/C21H16Cl2N2O5S2/c1-13-6-7-16(23)12-20(13)31(26,27)24-17-9-8-15(22)11-18(17)25-32(28,29)21-10-14-4-2-3-5-19(14)30-21/h2-12,24-25H,1H3. The van der Waals surface area contributed by atoms with Crippen molar-refractivity contribution >= 4 is 65.6 Å². The summed E-state index contributed by atoms with van der Waals surface area (Å²) in [7, 11) is -8.26. The summed E-state index contributed by atoms with van der Waals surface area (Å²) < 4.78 is 62.0. The Kier molecular flexibility index (Phi) is 5.85. The van der Waals surface area contributed by atoms with Crippen LogP contribution in [0.5, 0.6) is 0 Å². The molecular formula is C21H16Cl2N2O5S2. The van der Waals surface area contributed by atoms with Crippen LogP contribution in [-0.4, -0.2) is 16.8 Å². The lowest BCUT2D eigenvalue weighted by molar-refractivity contribution is 0.484. The van der Waals surface area contributed by atoms with Crippen molar-refractivity contribution in [2.45, 2.75) is 16.9 Å². The van der Waals surface area contributed by atoms with E-state index in [-0.39, 0.29) is 31.4 Å². The smallest absolute Gasteiger partial charge is 0.295 e. The van der Waals surface area contributed by atoms with Gasteiger partial charge in [0.2, 0.25) is 5.09 Å². The van der Waals surface area contributed by atoms with Gasteiger partial charge in [0, 0.05) is 21.5 Å². The molecule has 0 saturated carbocycles. The van der Waals surface area contributed by atoms with Crippen LogP contribution in [0.25, 0.3) is 11.0 Å². The number of aryl methyl sites for hydroxylation is 1. The zero-order valence-electron chi connectivity index (χ0n) is 16.5. The molecule has 0 aliphatic heterocycles. The molecule has 0 unspecified atom stereocenters. The lowest BCUT2D eigenvalue weighted by atomic mass is 10.2. The lowest BCUT2D eigenvalue weighted by Crippen LogP contribution is -2.18. The molecule has 0 aliphatic rings. The molecule has 7 nitrogen and oxygen atoms in total. The third-order valence-electron chi connectivity index (χ3n) is 4.58. The summed E-state index contributed by atoms with van der Waals surface area (Å²) >= 11 is 12.0. The molecule has 11 heteroatoms. The van der Waals surface area contributed by atoms with Crippen molar-refractivity contribution in [3.8, 4) is 0 Å². The number of anilines is 2. The molecule has 1 heterocycles. The van der Waals surface area contributed by atoms with Crippen LogP contribution in [0, 0.1) is 6.92 Å². The van der Waals surface area contributed by atoms with Crippen LogP contribution in [0.15, 0.2) is 81.1 Å². The highest BCUT2D eigenvalue weighted by Crippen LogP contribution is 2.32. The Morgan fingerprint density at radius 1 is 0.750 bits per heavy atom. The number of para-hydroxylation sites is 1. The first kappa shape index (κ1) is 22.5. The van der Waals surface area contributed by atoms with E-state index in [2.05, 4.69) is 9.44 Å². The minimum atomic E-state index is -4.18. The summed E-state index contributed by atoms with van der Waals surface area (Å²) in [5.41, 5.74) is 0.784. The number of fused-ring (bicyclic) bond motifs is 1. The van der Waals surface area contributed by atoms with Crippen LogP contribution in [0.2, 0.25) is 10.0 Å². The Morgan fingerprint density at radius 3 is 2.16 bits per heavy atom. The van der Waals surface area contributed by atoms with Crippen molar-refractivity contribution < 1.29 is 21.3 Å². The van der Waals surface area contributed by atoms with Crippen LogP contribution in [0.4, 0.5) is 11.4 Å². The number of benzene rings is 3. The van der Waals surface area contributed by atoms with Crippen molar-refractivity contribution in [1.82, 2.24) is 0 Å². The van der Waals surface area contributed by atoms with Gasteiger partial charge in [-0.25, -0.2) is 8.42 Å². The Balaban J connectivity index is 1.71. The van der Waals surface area contributed by atoms with E-state index in [4.69, 9.17) is 27.6 Å². The van der Waals surface area contributed by atoms with Crippen molar-refractivity contribution in [3.05, 3.63) is 82.3 Å². The van der Waals surface area contributed by atoms with Crippen molar-refractivity contribution in [1.29, 1.82) is 0 Å². The topological polar surface area (TPSA) is 105 Å². The van der Waals surface area contributed by atoms with E-state index in [1.54, 1.807) is 43.3 Å². The molecule has 1 aromatic heterocycles. The molecule has 0 radical (unpaired) electrons. The van der Waals surface area contributed by atoms with Gasteiger partial charge in [0.1, 0.15) is 5.58 Å². The Hall–Kier alpha value is -2.72. The highest BCUT2D eigenvalue weighted by molar-refractivity contribution is 7.93. The van der Waals surface area contributed by atoms with E-state index in [1.807, 2.05) is 0 Å². The fourth-order valence-corrected chi connectivity index (χ4v) is 5.84. The fraction of sp³-hybridized carbons (Fsp3) is 0.0476. The van der Waals surface area contributed by atoms with Crippen molar-refractivity contribution in [2.75, 3.05) is 9.44 Å². The molecule has 0 aliphatic carbocycles.